The molecule has 0 aliphatic heterocycles. The first kappa shape index (κ1) is 10.9. The van der Waals surface area contributed by atoms with Crippen molar-refractivity contribution in [3.63, 3.8) is 0 Å². The lowest BCUT2D eigenvalue weighted by atomic mass is 10.4. The summed E-state index contributed by atoms with van der Waals surface area (Å²) in [6.07, 6.45) is 1.89. The van der Waals surface area contributed by atoms with Crippen LogP contribution in [0.5, 0.6) is 0 Å². The molecule has 0 spiro atoms. The van der Waals surface area contributed by atoms with Gasteiger partial charge in [-0.25, -0.2) is 9.68 Å². The van der Waals surface area contributed by atoms with Crippen LogP contribution in [0.3, 0.4) is 0 Å². The maximum atomic E-state index is 10.5. The standard InChI is InChI=1S/C7H12O5/c1-2-3-4-10-5-7(9)12-11-6-8/h6H,2-5H2,1H3. The fourth-order valence-electron chi connectivity index (χ4n) is 0.499. The monoisotopic (exact) mass is 176 g/mol. The first-order valence-corrected chi connectivity index (χ1v) is 3.68. The number of ether oxygens (including phenoxy) is 1. The Morgan fingerprint density at radius 3 is 2.83 bits per heavy atom. The SMILES string of the molecule is CCCCOCC(=O)OOC=O. The predicted octanol–water partition coefficient (Wildman–Crippen LogP) is 0.434. The second kappa shape index (κ2) is 8.00. The Morgan fingerprint density at radius 1 is 1.50 bits per heavy atom. The minimum atomic E-state index is -0.710. The van der Waals surface area contributed by atoms with Crippen molar-refractivity contribution in [2.45, 2.75) is 19.8 Å². The van der Waals surface area contributed by atoms with Crippen molar-refractivity contribution in [2.24, 2.45) is 0 Å². The van der Waals surface area contributed by atoms with Gasteiger partial charge in [0.1, 0.15) is 6.61 Å². The first-order chi connectivity index (χ1) is 5.81. The van der Waals surface area contributed by atoms with E-state index < -0.39 is 5.97 Å². The molecule has 0 atom stereocenters. The van der Waals surface area contributed by atoms with E-state index in [1.54, 1.807) is 0 Å². The molecule has 0 unspecified atom stereocenters. The molecule has 0 rings (SSSR count). The van der Waals surface area contributed by atoms with Crippen molar-refractivity contribution >= 4 is 12.4 Å². The van der Waals surface area contributed by atoms with E-state index in [1.165, 1.54) is 0 Å². The minimum absolute atomic E-state index is 0.0317. The van der Waals surface area contributed by atoms with Crippen LogP contribution in [0.2, 0.25) is 0 Å². The number of unbranched alkanes of at least 4 members (excludes halogenated alkanes) is 1. The maximum Gasteiger partial charge on any atom is 0.380 e. The molecule has 0 aromatic rings. The van der Waals surface area contributed by atoms with E-state index in [0.29, 0.717) is 6.61 Å². The van der Waals surface area contributed by atoms with Crippen LogP contribution in [-0.4, -0.2) is 25.7 Å². The second-order valence-electron chi connectivity index (χ2n) is 2.05. The third kappa shape index (κ3) is 7.01. The molecule has 70 valence electrons. The average molecular weight is 176 g/mol. The highest BCUT2D eigenvalue weighted by atomic mass is 17.2. The van der Waals surface area contributed by atoms with Crippen LogP contribution in [0, 0.1) is 0 Å². The van der Waals surface area contributed by atoms with Crippen LogP contribution in [0.25, 0.3) is 0 Å². The van der Waals surface area contributed by atoms with Gasteiger partial charge in [0.05, 0.1) is 0 Å². The van der Waals surface area contributed by atoms with Crippen molar-refractivity contribution in [3.8, 4) is 0 Å². The lowest BCUT2D eigenvalue weighted by Gasteiger charge is -2.00. The number of rotatable bonds is 7. The van der Waals surface area contributed by atoms with E-state index in [-0.39, 0.29) is 13.1 Å². The molecule has 5 nitrogen and oxygen atoms in total. The van der Waals surface area contributed by atoms with Crippen LogP contribution >= 0.6 is 0 Å². The Balaban J connectivity index is 3.13. The van der Waals surface area contributed by atoms with Gasteiger partial charge >= 0.3 is 12.4 Å². The van der Waals surface area contributed by atoms with E-state index in [4.69, 9.17) is 4.74 Å². The molecule has 0 aromatic heterocycles. The smallest absolute Gasteiger partial charge is 0.370 e. The zero-order chi connectivity index (χ0) is 9.23. The summed E-state index contributed by atoms with van der Waals surface area (Å²) in [6, 6.07) is 0. The molecule has 0 radical (unpaired) electrons. The molecular formula is C7H12O5. The molecule has 0 saturated carbocycles. The van der Waals surface area contributed by atoms with E-state index in [9.17, 15) is 9.59 Å². The van der Waals surface area contributed by atoms with Crippen molar-refractivity contribution in [3.05, 3.63) is 0 Å². The van der Waals surface area contributed by atoms with Gasteiger partial charge in [-0.05, 0) is 6.42 Å². The van der Waals surface area contributed by atoms with Gasteiger partial charge in [0, 0.05) is 6.61 Å². The normalized spacial score (nSPS) is 9.08. The van der Waals surface area contributed by atoms with Gasteiger partial charge in [-0.2, -0.15) is 0 Å². The van der Waals surface area contributed by atoms with Crippen LogP contribution in [0.4, 0.5) is 0 Å². The van der Waals surface area contributed by atoms with Crippen molar-refractivity contribution < 1.29 is 24.1 Å². The Hall–Kier alpha value is -1.10. The maximum absolute atomic E-state index is 10.5. The Labute approximate surface area is 70.5 Å². The molecule has 0 amide bonds. The summed E-state index contributed by atoms with van der Waals surface area (Å²) in [6.45, 7) is 2.36. The lowest BCUT2D eigenvalue weighted by molar-refractivity contribution is -0.250. The second-order valence-corrected chi connectivity index (χ2v) is 2.05. The van der Waals surface area contributed by atoms with Gasteiger partial charge in [-0.3, -0.25) is 9.68 Å². The van der Waals surface area contributed by atoms with Crippen molar-refractivity contribution in [1.82, 2.24) is 0 Å². The van der Waals surface area contributed by atoms with E-state index >= 15 is 0 Å². The molecule has 5 heteroatoms. The molecule has 0 bridgehead atoms. The average Bonchev–Trinajstić information content (AvgIpc) is 2.09. The highest BCUT2D eigenvalue weighted by Crippen LogP contribution is 1.88. The third-order valence-corrected chi connectivity index (χ3v) is 1.04. The van der Waals surface area contributed by atoms with E-state index in [2.05, 4.69) is 9.78 Å². The van der Waals surface area contributed by atoms with Gasteiger partial charge in [0.15, 0.2) is 0 Å². The Bertz CT molecular complexity index is 134. The molecular weight excluding hydrogens is 164 g/mol. The van der Waals surface area contributed by atoms with Crippen molar-refractivity contribution in [2.75, 3.05) is 13.2 Å². The van der Waals surface area contributed by atoms with Crippen LogP contribution in [0.1, 0.15) is 19.8 Å². The summed E-state index contributed by atoms with van der Waals surface area (Å²) in [5.41, 5.74) is 0. The quantitative estimate of drug-likeness (QED) is 0.244. The van der Waals surface area contributed by atoms with Crippen LogP contribution in [0.15, 0.2) is 0 Å². The van der Waals surface area contributed by atoms with Gasteiger partial charge in [0.25, 0.3) is 0 Å². The van der Waals surface area contributed by atoms with Gasteiger partial charge in [-0.1, -0.05) is 13.3 Å². The minimum Gasteiger partial charge on any atom is -0.370 e. The summed E-state index contributed by atoms with van der Waals surface area (Å²) in [7, 11) is 0. The number of carbonyl (C=O) groups excluding carboxylic acids is 2. The van der Waals surface area contributed by atoms with Crippen LogP contribution in [-0.2, 0) is 24.1 Å². The fourth-order valence-corrected chi connectivity index (χ4v) is 0.499. The van der Waals surface area contributed by atoms with Gasteiger partial charge < -0.3 is 4.74 Å². The fraction of sp³-hybridized carbons (Fsp3) is 0.714. The van der Waals surface area contributed by atoms with Gasteiger partial charge in [-0.15, -0.1) is 0 Å². The molecule has 0 N–H and O–H groups in total. The predicted molar refractivity (Wildman–Crippen MR) is 39.0 cm³/mol. The molecule has 0 fully saturated rings. The molecule has 12 heavy (non-hydrogen) atoms. The molecule has 0 aromatic carbocycles. The molecule has 0 aliphatic carbocycles. The summed E-state index contributed by atoms with van der Waals surface area (Å²) < 4.78 is 4.86. The molecule has 0 saturated heterocycles. The highest BCUT2D eigenvalue weighted by molar-refractivity contribution is 5.70. The summed E-state index contributed by atoms with van der Waals surface area (Å²) in [4.78, 5) is 27.8. The van der Waals surface area contributed by atoms with Gasteiger partial charge in [0.2, 0.25) is 0 Å². The third-order valence-electron chi connectivity index (χ3n) is 1.04. The van der Waals surface area contributed by atoms with E-state index in [0.717, 1.165) is 12.8 Å². The van der Waals surface area contributed by atoms with E-state index in [1.807, 2.05) is 6.92 Å². The Kier molecular flexibility index (Phi) is 7.27. The Morgan fingerprint density at radius 2 is 2.25 bits per heavy atom. The zero-order valence-corrected chi connectivity index (χ0v) is 6.95. The van der Waals surface area contributed by atoms with Crippen molar-refractivity contribution in [1.29, 1.82) is 0 Å². The van der Waals surface area contributed by atoms with Crippen LogP contribution < -0.4 is 0 Å². The number of hydrogen-bond acceptors (Lipinski definition) is 5. The zero-order valence-electron chi connectivity index (χ0n) is 6.95. The summed E-state index contributed by atoms with van der Waals surface area (Å²) in [5.74, 6) is -0.710. The number of carbonyl (C=O) groups is 2. The molecule has 0 aliphatic rings. The summed E-state index contributed by atoms with van der Waals surface area (Å²) in [5, 5.41) is 0. The lowest BCUT2D eigenvalue weighted by Crippen LogP contribution is -2.13. The topological polar surface area (TPSA) is 61.8 Å². The molecule has 0 heterocycles. The first-order valence-electron chi connectivity index (χ1n) is 3.68. The largest absolute Gasteiger partial charge is 0.380 e. The summed E-state index contributed by atoms with van der Waals surface area (Å²) >= 11 is 0. The highest BCUT2D eigenvalue weighted by Gasteiger charge is 2.02. The number of hydrogen-bond donors (Lipinski definition) is 0.